The molecule has 40 heavy (non-hydrogen) atoms. The molecule has 6 heterocycles. The van der Waals surface area contributed by atoms with E-state index in [0.717, 1.165) is 51.4 Å². The van der Waals surface area contributed by atoms with Gasteiger partial charge in [0, 0.05) is 11.6 Å². The Morgan fingerprint density at radius 1 is 0.475 bits per heavy atom. The molecule has 4 aliphatic rings. The number of hydrogen-bond acceptors (Lipinski definition) is 3. The van der Waals surface area contributed by atoms with Crippen LogP contribution >= 0.6 is 0 Å². The third-order valence-corrected chi connectivity index (χ3v) is 8.72. The molecule has 0 fully saturated rings. The maximum absolute atomic E-state index is 6.68. The van der Waals surface area contributed by atoms with Crippen LogP contribution in [0.5, 0.6) is 23.1 Å². The van der Waals surface area contributed by atoms with Crippen LogP contribution in [0.3, 0.4) is 0 Å². The Hall–Kier alpha value is -5.42. The lowest BCUT2D eigenvalue weighted by Crippen LogP contribution is -2.78. The van der Waals surface area contributed by atoms with Crippen LogP contribution in [0.1, 0.15) is 11.1 Å². The lowest BCUT2D eigenvalue weighted by Gasteiger charge is -2.42. The summed E-state index contributed by atoms with van der Waals surface area (Å²) in [7, 11) is 0. The van der Waals surface area contributed by atoms with Gasteiger partial charge in [-0.1, -0.05) is 54.6 Å². The Kier molecular flexibility index (Phi) is 3.57. The summed E-state index contributed by atoms with van der Waals surface area (Å²) in [5, 5.41) is 0. The molecule has 2 aromatic heterocycles. The number of para-hydroxylation sites is 1. The maximum atomic E-state index is 6.68. The van der Waals surface area contributed by atoms with E-state index in [4.69, 9.17) is 9.47 Å². The highest BCUT2D eigenvalue weighted by molar-refractivity contribution is 6.01. The molecule has 0 saturated heterocycles. The van der Waals surface area contributed by atoms with E-state index in [2.05, 4.69) is 111 Å². The number of anilines is 3. The Bertz CT molecular complexity index is 2090. The molecule has 10 rings (SSSR count). The van der Waals surface area contributed by atoms with Gasteiger partial charge in [0.2, 0.25) is 0 Å². The smallest absolute Gasteiger partial charge is 0.380 e. The minimum Gasteiger partial charge on any atom is -0.455 e. The predicted molar refractivity (Wildman–Crippen MR) is 151 cm³/mol. The van der Waals surface area contributed by atoms with Gasteiger partial charge in [0.15, 0.2) is 28.8 Å². The topological polar surface area (TPSA) is 29.5 Å². The van der Waals surface area contributed by atoms with Gasteiger partial charge in [-0.05, 0) is 59.7 Å². The molecule has 1 spiro atoms. The first-order chi connectivity index (χ1) is 19.9. The average Bonchev–Trinajstić information content (AvgIpc) is 3.13. The zero-order chi connectivity index (χ0) is 26.0. The van der Waals surface area contributed by atoms with Crippen molar-refractivity contribution in [3.63, 3.8) is 0 Å². The van der Waals surface area contributed by atoms with Gasteiger partial charge in [-0.3, -0.25) is 0 Å². The molecule has 0 radical (unpaired) electrons. The van der Waals surface area contributed by atoms with Gasteiger partial charge in [0.25, 0.3) is 0 Å². The monoisotopic (exact) mass is 515 g/mol. The fourth-order valence-electron chi connectivity index (χ4n) is 7.30. The van der Waals surface area contributed by atoms with Crippen molar-refractivity contribution in [2.24, 2.45) is 0 Å². The standard InChI is InChI=1S/C35H21N3O2/c1-2-11-23-22(10-1)24-12-3-4-14-26(24)38-27-15-7-16-28-32(27)35(37-21-9-13-25(23)34(37)38)33-29(39-28)17-8-18-30(33)40-31-19-5-6-20-36(31)35/h1-21H/q+2. The molecular formula is C35H21N3O2+2. The molecule has 6 aromatic rings. The quantitative estimate of drug-likeness (QED) is 0.200. The van der Waals surface area contributed by atoms with Crippen LogP contribution < -0.4 is 23.5 Å². The average molecular weight is 516 g/mol. The van der Waals surface area contributed by atoms with E-state index < -0.39 is 5.66 Å². The summed E-state index contributed by atoms with van der Waals surface area (Å²) in [6.07, 6.45) is 4.34. The van der Waals surface area contributed by atoms with Gasteiger partial charge in [0.05, 0.1) is 17.8 Å². The minimum absolute atomic E-state index is 0.763. The Labute approximate surface area is 230 Å². The number of fused-ring (bicyclic) bond motifs is 7. The largest absolute Gasteiger partial charge is 0.455 e. The molecule has 0 amide bonds. The molecule has 186 valence electrons. The number of benzene rings is 4. The molecule has 1 unspecified atom stereocenters. The fourth-order valence-corrected chi connectivity index (χ4v) is 7.30. The van der Waals surface area contributed by atoms with Crippen molar-refractivity contribution >= 4 is 17.2 Å². The molecule has 5 heteroatoms. The Balaban J connectivity index is 1.48. The number of nitrogens with zero attached hydrogens (tertiary/aromatic N) is 3. The van der Waals surface area contributed by atoms with Crippen molar-refractivity contribution in [1.82, 2.24) is 0 Å². The summed E-state index contributed by atoms with van der Waals surface area (Å²) in [5.41, 5.74) is 8.37. The molecule has 0 saturated carbocycles. The van der Waals surface area contributed by atoms with Crippen LogP contribution in [-0.4, -0.2) is 0 Å². The van der Waals surface area contributed by atoms with Gasteiger partial charge < -0.3 is 9.47 Å². The van der Waals surface area contributed by atoms with E-state index in [1.807, 2.05) is 30.3 Å². The van der Waals surface area contributed by atoms with Gasteiger partial charge >= 0.3 is 17.4 Å². The van der Waals surface area contributed by atoms with Crippen molar-refractivity contribution in [2.45, 2.75) is 5.66 Å². The van der Waals surface area contributed by atoms with Crippen LogP contribution in [0.15, 0.2) is 128 Å². The molecule has 4 aromatic carbocycles. The third kappa shape index (κ3) is 2.20. The molecule has 0 N–H and O–H groups in total. The first-order valence-corrected chi connectivity index (χ1v) is 13.5. The van der Waals surface area contributed by atoms with Crippen LogP contribution in [-0.2, 0) is 5.66 Å². The van der Waals surface area contributed by atoms with Crippen molar-refractivity contribution < 1.29 is 18.6 Å². The Morgan fingerprint density at radius 3 is 1.98 bits per heavy atom. The molecule has 4 aliphatic heterocycles. The number of rotatable bonds is 0. The number of hydrogen-bond donors (Lipinski definition) is 0. The fraction of sp³-hybridized carbons (Fsp3) is 0.0286. The zero-order valence-electron chi connectivity index (χ0n) is 21.3. The number of pyridine rings is 2. The first kappa shape index (κ1) is 20.5. The van der Waals surface area contributed by atoms with Crippen LogP contribution in [0.25, 0.3) is 22.3 Å². The van der Waals surface area contributed by atoms with Gasteiger partial charge in [-0.25, -0.2) is 0 Å². The summed E-state index contributed by atoms with van der Waals surface area (Å²) in [4.78, 5) is 2.42. The predicted octanol–water partition coefficient (Wildman–Crippen LogP) is 7.20. The summed E-state index contributed by atoms with van der Waals surface area (Å²) in [6, 6.07) is 40.5. The van der Waals surface area contributed by atoms with E-state index >= 15 is 0 Å². The van der Waals surface area contributed by atoms with Gasteiger partial charge in [0.1, 0.15) is 17.2 Å². The normalized spacial score (nSPS) is 17.4. The highest BCUT2D eigenvalue weighted by Gasteiger charge is 2.68. The molecule has 5 nitrogen and oxygen atoms in total. The lowest BCUT2D eigenvalue weighted by atomic mass is 9.81. The van der Waals surface area contributed by atoms with E-state index in [1.165, 1.54) is 22.3 Å². The molecule has 0 aliphatic carbocycles. The van der Waals surface area contributed by atoms with Crippen LogP contribution in [0.4, 0.5) is 17.2 Å². The van der Waals surface area contributed by atoms with Crippen molar-refractivity contribution in [2.75, 3.05) is 4.90 Å². The molecule has 0 bridgehead atoms. The maximum Gasteiger partial charge on any atom is 0.380 e. The van der Waals surface area contributed by atoms with Crippen molar-refractivity contribution in [3.05, 3.63) is 139 Å². The SMILES string of the molecule is c1cc2c3c(c1)Oc1cccc[n+]1C31c3c(cccc3N3c4ccccc4-c4ccccc4-c4ccc[n+]1c43)O2. The highest BCUT2D eigenvalue weighted by Crippen LogP contribution is 2.60. The summed E-state index contributed by atoms with van der Waals surface area (Å²) >= 11 is 0. The van der Waals surface area contributed by atoms with E-state index in [1.54, 1.807) is 0 Å². The zero-order valence-corrected chi connectivity index (χ0v) is 21.3. The van der Waals surface area contributed by atoms with E-state index in [9.17, 15) is 0 Å². The first-order valence-electron chi connectivity index (χ1n) is 13.5. The Morgan fingerprint density at radius 2 is 1.10 bits per heavy atom. The summed E-state index contributed by atoms with van der Waals surface area (Å²) in [5.74, 6) is 4.34. The van der Waals surface area contributed by atoms with Gasteiger partial charge in [-0.15, -0.1) is 4.57 Å². The minimum atomic E-state index is -0.763. The summed E-state index contributed by atoms with van der Waals surface area (Å²) < 4.78 is 17.9. The second-order valence-corrected chi connectivity index (χ2v) is 10.6. The second kappa shape index (κ2) is 6.96. The van der Waals surface area contributed by atoms with Gasteiger partial charge in [-0.2, -0.15) is 9.47 Å². The molecular weight excluding hydrogens is 494 g/mol. The van der Waals surface area contributed by atoms with Crippen molar-refractivity contribution in [1.29, 1.82) is 0 Å². The second-order valence-electron chi connectivity index (χ2n) is 10.6. The third-order valence-electron chi connectivity index (χ3n) is 8.72. The van der Waals surface area contributed by atoms with Crippen molar-refractivity contribution in [3.8, 4) is 45.4 Å². The lowest BCUT2D eigenvalue weighted by molar-refractivity contribution is -0.969. The van der Waals surface area contributed by atoms with E-state index in [-0.39, 0.29) is 0 Å². The van der Waals surface area contributed by atoms with Crippen LogP contribution in [0, 0.1) is 0 Å². The molecule has 1 atom stereocenters. The number of ether oxygens (including phenoxy) is 2. The highest BCUT2D eigenvalue weighted by atomic mass is 16.5. The van der Waals surface area contributed by atoms with E-state index in [0.29, 0.717) is 0 Å². The van der Waals surface area contributed by atoms with Crippen LogP contribution in [0.2, 0.25) is 0 Å². The number of aromatic nitrogens is 2. The summed E-state index contributed by atoms with van der Waals surface area (Å²) in [6.45, 7) is 0.